The molecule has 2 amide bonds. The first-order valence-corrected chi connectivity index (χ1v) is 12.5. The molecule has 0 radical (unpaired) electrons. The van der Waals surface area contributed by atoms with Crippen LogP contribution in [0.2, 0.25) is 5.02 Å². The Hall–Kier alpha value is -3.36. The topological polar surface area (TPSA) is 77.1 Å². The van der Waals surface area contributed by atoms with E-state index in [2.05, 4.69) is 5.32 Å². The summed E-state index contributed by atoms with van der Waals surface area (Å²) in [5.41, 5.74) is 3.05. The highest BCUT2D eigenvalue weighted by Crippen LogP contribution is 2.49. The minimum absolute atomic E-state index is 0.121. The van der Waals surface area contributed by atoms with Gasteiger partial charge in [-0.1, -0.05) is 29.8 Å². The predicted octanol–water partition coefficient (Wildman–Crippen LogP) is 5.88. The van der Waals surface area contributed by atoms with E-state index in [1.54, 1.807) is 45.2 Å². The number of thioether (sulfide) groups is 1. The smallest absolute Gasteiger partial charge is 0.244 e. The molecule has 0 aromatic heterocycles. The molecule has 1 N–H and O–H groups in total. The average molecular weight is 527 g/mol. The molecule has 7 nitrogen and oxygen atoms in total. The maximum absolute atomic E-state index is 13.5. The average Bonchev–Trinajstić information content (AvgIpc) is 3.01. The summed E-state index contributed by atoms with van der Waals surface area (Å²) in [5.74, 6) is 1.05. The Balaban J connectivity index is 1.63. The summed E-state index contributed by atoms with van der Waals surface area (Å²) in [6.45, 7) is 1.77. The lowest BCUT2D eigenvalue weighted by Crippen LogP contribution is -2.38. The van der Waals surface area contributed by atoms with Crippen LogP contribution in [0.5, 0.6) is 17.2 Å². The molecule has 1 aliphatic rings. The Kier molecular flexibility index (Phi) is 7.96. The van der Waals surface area contributed by atoms with Crippen molar-refractivity contribution in [1.29, 1.82) is 0 Å². The minimum atomic E-state index is -0.311. The van der Waals surface area contributed by atoms with E-state index < -0.39 is 0 Å². The number of hydrogen-bond donors (Lipinski definition) is 1. The fraction of sp³-hybridized carbons (Fsp3) is 0.259. The highest BCUT2D eigenvalue weighted by molar-refractivity contribution is 7.99. The Morgan fingerprint density at radius 2 is 1.75 bits per heavy atom. The van der Waals surface area contributed by atoms with Crippen molar-refractivity contribution in [1.82, 2.24) is 0 Å². The quantitative estimate of drug-likeness (QED) is 0.414. The third-order valence-corrected chi connectivity index (χ3v) is 7.63. The second-order valence-corrected chi connectivity index (χ2v) is 9.88. The first kappa shape index (κ1) is 25.7. The van der Waals surface area contributed by atoms with Gasteiger partial charge in [0.2, 0.25) is 17.6 Å². The standard InChI is InChI=1S/C27H27ClN2O5S/c1-16-9-10-18(13-19(16)28)29-25(31)15-30-20-7-5-6-8-23(20)36-24(14-26(30)32)17-11-21(33-2)27(35-4)22(12-17)34-3/h5-13,24H,14-15H2,1-4H3,(H,29,31)/t24-/m0/s1. The molecule has 0 saturated carbocycles. The van der Waals surface area contributed by atoms with Gasteiger partial charge < -0.3 is 24.4 Å². The van der Waals surface area contributed by atoms with Gasteiger partial charge in [-0.2, -0.15) is 0 Å². The molecule has 9 heteroatoms. The molecule has 3 aromatic carbocycles. The van der Waals surface area contributed by atoms with Crippen LogP contribution in [0.4, 0.5) is 11.4 Å². The molecule has 188 valence electrons. The van der Waals surface area contributed by atoms with Crippen LogP contribution in [0.15, 0.2) is 59.5 Å². The predicted molar refractivity (Wildman–Crippen MR) is 143 cm³/mol. The number of nitrogens with one attached hydrogen (secondary N) is 1. The number of carbonyl (C=O) groups excluding carboxylic acids is 2. The van der Waals surface area contributed by atoms with Crippen molar-refractivity contribution in [2.45, 2.75) is 23.5 Å². The van der Waals surface area contributed by atoms with Gasteiger partial charge in [-0.3, -0.25) is 9.59 Å². The van der Waals surface area contributed by atoms with Gasteiger partial charge >= 0.3 is 0 Å². The monoisotopic (exact) mass is 526 g/mol. The number of para-hydroxylation sites is 1. The number of benzene rings is 3. The number of nitrogens with zero attached hydrogens (tertiary/aromatic N) is 1. The minimum Gasteiger partial charge on any atom is -0.493 e. The first-order chi connectivity index (χ1) is 17.3. The summed E-state index contributed by atoms with van der Waals surface area (Å²) in [5, 5.41) is 3.18. The van der Waals surface area contributed by atoms with Crippen molar-refractivity contribution in [2.75, 3.05) is 38.1 Å². The molecule has 0 aliphatic carbocycles. The molecular weight excluding hydrogens is 500 g/mol. The number of aryl methyl sites for hydroxylation is 1. The number of ether oxygens (including phenoxy) is 3. The number of rotatable bonds is 7. The molecule has 0 fully saturated rings. The van der Waals surface area contributed by atoms with Gasteiger partial charge in [0.15, 0.2) is 11.5 Å². The number of carbonyl (C=O) groups is 2. The van der Waals surface area contributed by atoms with Crippen LogP contribution in [-0.4, -0.2) is 39.7 Å². The van der Waals surface area contributed by atoms with Crippen LogP contribution in [0.25, 0.3) is 0 Å². The first-order valence-electron chi connectivity index (χ1n) is 11.3. The summed E-state index contributed by atoms with van der Waals surface area (Å²) < 4.78 is 16.5. The summed E-state index contributed by atoms with van der Waals surface area (Å²) in [6.07, 6.45) is 0.182. The Labute approximate surface area is 219 Å². The summed E-state index contributed by atoms with van der Waals surface area (Å²) >= 11 is 7.75. The highest BCUT2D eigenvalue weighted by atomic mass is 35.5. The molecule has 1 aliphatic heterocycles. The van der Waals surface area contributed by atoms with Gasteiger partial charge in [0, 0.05) is 27.3 Å². The number of anilines is 2. The van der Waals surface area contributed by atoms with Gasteiger partial charge in [0.05, 0.1) is 27.0 Å². The van der Waals surface area contributed by atoms with E-state index in [0.29, 0.717) is 33.6 Å². The van der Waals surface area contributed by atoms with E-state index in [9.17, 15) is 9.59 Å². The fourth-order valence-electron chi connectivity index (χ4n) is 4.04. The van der Waals surface area contributed by atoms with E-state index in [1.807, 2.05) is 49.4 Å². The van der Waals surface area contributed by atoms with Crippen LogP contribution in [-0.2, 0) is 9.59 Å². The van der Waals surface area contributed by atoms with E-state index >= 15 is 0 Å². The molecule has 0 bridgehead atoms. The van der Waals surface area contributed by atoms with Crippen molar-refractivity contribution in [3.8, 4) is 17.2 Å². The van der Waals surface area contributed by atoms with Gasteiger partial charge in [0.25, 0.3) is 0 Å². The van der Waals surface area contributed by atoms with Gasteiger partial charge in [-0.05, 0) is 54.4 Å². The zero-order valence-corrected chi connectivity index (χ0v) is 22.0. The third kappa shape index (κ3) is 5.39. The highest BCUT2D eigenvalue weighted by Gasteiger charge is 2.31. The summed E-state index contributed by atoms with van der Waals surface area (Å²) in [7, 11) is 4.67. The number of halogens is 1. The number of hydrogen-bond acceptors (Lipinski definition) is 6. The molecule has 36 heavy (non-hydrogen) atoms. The van der Waals surface area contributed by atoms with Gasteiger partial charge in [0.1, 0.15) is 6.54 Å². The van der Waals surface area contributed by atoms with Crippen molar-refractivity contribution >= 4 is 46.6 Å². The van der Waals surface area contributed by atoms with Gasteiger partial charge in [-0.25, -0.2) is 0 Å². The molecule has 4 rings (SSSR count). The zero-order valence-electron chi connectivity index (χ0n) is 20.5. The van der Waals surface area contributed by atoms with E-state index in [4.69, 9.17) is 25.8 Å². The van der Waals surface area contributed by atoms with Crippen LogP contribution < -0.4 is 24.4 Å². The van der Waals surface area contributed by atoms with Crippen LogP contribution in [0, 0.1) is 6.92 Å². The zero-order chi connectivity index (χ0) is 25.8. The molecule has 0 unspecified atom stereocenters. The number of methoxy groups -OCH3 is 3. The van der Waals surface area contributed by atoms with Crippen molar-refractivity contribution in [3.05, 3.63) is 70.7 Å². The molecule has 1 atom stereocenters. The lowest BCUT2D eigenvalue weighted by molar-refractivity contribution is -0.121. The Bertz CT molecular complexity index is 1270. The molecule has 0 spiro atoms. The van der Waals surface area contributed by atoms with Crippen molar-refractivity contribution < 1.29 is 23.8 Å². The Morgan fingerprint density at radius 1 is 1.06 bits per heavy atom. The summed E-state index contributed by atoms with van der Waals surface area (Å²) in [4.78, 5) is 28.9. The maximum atomic E-state index is 13.5. The van der Waals surface area contributed by atoms with E-state index in [0.717, 1.165) is 16.0 Å². The second-order valence-electron chi connectivity index (χ2n) is 8.23. The molecule has 1 heterocycles. The third-order valence-electron chi connectivity index (χ3n) is 5.90. The number of amides is 2. The fourth-order valence-corrected chi connectivity index (χ4v) is 5.48. The lowest BCUT2D eigenvalue weighted by atomic mass is 10.1. The van der Waals surface area contributed by atoms with E-state index in [-0.39, 0.29) is 30.0 Å². The van der Waals surface area contributed by atoms with Crippen LogP contribution >= 0.6 is 23.4 Å². The summed E-state index contributed by atoms with van der Waals surface area (Å²) in [6, 6.07) is 16.6. The van der Waals surface area contributed by atoms with Gasteiger partial charge in [-0.15, -0.1) is 11.8 Å². The van der Waals surface area contributed by atoms with Crippen LogP contribution in [0.3, 0.4) is 0 Å². The van der Waals surface area contributed by atoms with Crippen molar-refractivity contribution in [3.63, 3.8) is 0 Å². The Morgan fingerprint density at radius 3 is 2.39 bits per heavy atom. The molecule has 0 saturated heterocycles. The second kappa shape index (κ2) is 11.1. The van der Waals surface area contributed by atoms with E-state index in [1.165, 1.54) is 4.90 Å². The van der Waals surface area contributed by atoms with Crippen LogP contribution in [0.1, 0.15) is 22.8 Å². The molecular formula is C27H27ClN2O5S. The number of fused-ring (bicyclic) bond motifs is 1. The largest absolute Gasteiger partial charge is 0.493 e. The lowest BCUT2D eigenvalue weighted by Gasteiger charge is -2.22. The SMILES string of the molecule is COc1cc([C@@H]2CC(=O)N(CC(=O)Nc3ccc(C)c(Cl)c3)c3ccccc3S2)cc(OC)c1OC. The molecule has 3 aromatic rings. The van der Waals surface area contributed by atoms with Crippen molar-refractivity contribution in [2.24, 2.45) is 0 Å². The maximum Gasteiger partial charge on any atom is 0.244 e. The normalized spacial score (nSPS) is 15.1.